The highest BCUT2D eigenvalue weighted by atomic mass is 16.6. The van der Waals surface area contributed by atoms with Gasteiger partial charge in [-0.15, -0.1) is 0 Å². The van der Waals surface area contributed by atoms with E-state index in [0.29, 0.717) is 6.42 Å². The normalized spacial score (nSPS) is 11.2. The third-order valence-corrected chi connectivity index (χ3v) is 1.88. The summed E-state index contributed by atoms with van der Waals surface area (Å²) in [7, 11) is 0. The second-order valence-electron chi connectivity index (χ2n) is 3.07. The van der Waals surface area contributed by atoms with Crippen molar-refractivity contribution in [3.63, 3.8) is 0 Å². The molecule has 5 heteroatoms. The summed E-state index contributed by atoms with van der Waals surface area (Å²) in [4.78, 5) is 9.88. The van der Waals surface area contributed by atoms with Gasteiger partial charge in [0.1, 0.15) is 0 Å². The molecule has 0 aliphatic heterocycles. The Kier molecular flexibility index (Phi) is 7.07. The van der Waals surface area contributed by atoms with E-state index in [1.165, 1.54) is 12.1 Å². The minimum atomic E-state index is -0.449. The molecule has 90 valence electrons. The average molecular weight is 226 g/mol. The van der Waals surface area contributed by atoms with Crippen LogP contribution in [-0.4, -0.2) is 22.7 Å². The van der Waals surface area contributed by atoms with E-state index < -0.39 is 4.92 Å². The van der Waals surface area contributed by atoms with Crippen LogP contribution in [0.15, 0.2) is 24.3 Å². The molecular weight excluding hydrogens is 208 g/mol. The monoisotopic (exact) mass is 226 g/mol. The van der Waals surface area contributed by atoms with Crippen LogP contribution in [0.25, 0.3) is 0 Å². The number of hydrogen-bond donors (Lipinski definition) is 2. The number of rotatable bonds is 4. The molecule has 0 aliphatic carbocycles. The maximum atomic E-state index is 10.3. The number of nitrogens with zero attached hydrogens (tertiary/aromatic N) is 1. The fourth-order valence-electron chi connectivity index (χ4n) is 1.12. The van der Waals surface area contributed by atoms with Crippen LogP contribution in [0.3, 0.4) is 0 Å². The molecular formula is C11H18N2O3. The SMILES string of the molecule is CC.NC(CO)Cc1ccc([N+](=O)[O-])cc1. The second kappa shape index (κ2) is 7.78. The first-order valence-corrected chi connectivity index (χ1v) is 5.23. The van der Waals surface area contributed by atoms with Gasteiger partial charge >= 0.3 is 0 Å². The van der Waals surface area contributed by atoms with Crippen molar-refractivity contribution in [2.45, 2.75) is 26.3 Å². The summed E-state index contributed by atoms with van der Waals surface area (Å²) < 4.78 is 0. The maximum Gasteiger partial charge on any atom is 0.269 e. The van der Waals surface area contributed by atoms with Crippen LogP contribution in [0, 0.1) is 10.1 Å². The van der Waals surface area contributed by atoms with Crippen LogP contribution in [0.5, 0.6) is 0 Å². The lowest BCUT2D eigenvalue weighted by molar-refractivity contribution is -0.384. The molecule has 1 rings (SSSR count). The van der Waals surface area contributed by atoms with Gasteiger partial charge in [-0.2, -0.15) is 0 Å². The van der Waals surface area contributed by atoms with Crippen molar-refractivity contribution in [2.24, 2.45) is 5.73 Å². The largest absolute Gasteiger partial charge is 0.395 e. The summed E-state index contributed by atoms with van der Waals surface area (Å²) in [5.41, 5.74) is 6.47. The van der Waals surface area contributed by atoms with Gasteiger partial charge in [-0.1, -0.05) is 26.0 Å². The predicted molar refractivity (Wildman–Crippen MR) is 63.2 cm³/mol. The number of aliphatic hydroxyl groups excluding tert-OH is 1. The van der Waals surface area contributed by atoms with Gasteiger partial charge in [0.2, 0.25) is 0 Å². The Balaban J connectivity index is 0.00000106. The summed E-state index contributed by atoms with van der Waals surface area (Å²) in [6.07, 6.45) is 0.522. The number of nitro groups is 1. The van der Waals surface area contributed by atoms with E-state index in [1.54, 1.807) is 12.1 Å². The van der Waals surface area contributed by atoms with Gasteiger partial charge in [0.25, 0.3) is 5.69 Å². The molecule has 0 fully saturated rings. The molecule has 0 aromatic heterocycles. The van der Waals surface area contributed by atoms with Crippen LogP contribution >= 0.6 is 0 Å². The first-order chi connectivity index (χ1) is 7.63. The number of hydrogen-bond acceptors (Lipinski definition) is 4. The highest BCUT2D eigenvalue weighted by Gasteiger charge is 2.06. The summed E-state index contributed by atoms with van der Waals surface area (Å²) in [5.74, 6) is 0. The molecule has 0 spiro atoms. The summed E-state index contributed by atoms with van der Waals surface area (Å²) in [6, 6.07) is 5.84. The topological polar surface area (TPSA) is 89.4 Å². The third kappa shape index (κ3) is 4.86. The Hall–Kier alpha value is -1.46. The molecule has 0 heterocycles. The lowest BCUT2D eigenvalue weighted by atomic mass is 10.1. The van der Waals surface area contributed by atoms with Gasteiger partial charge in [-0.25, -0.2) is 0 Å². The molecule has 3 N–H and O–H groups in total. The zero-order valence-electron chi connectivity index (χ0n) is 9.59. The highest BCUT2D eigenvalue weighted by Crippen LogP contribution is 2.12. The smallest absolute Gasteiger partial charge is 0.269 e. The van der Waals surface area contributed by atoms with Crippen LogP contribution < -0.4 is 5.73 Å². The second-order valence-corrected chi connectivity index (χ2v) is 3.07. The van der Waals surface area contributed by atoms with Gasteiger partial charge in [-0.3, -0.25) is 10.1 Å². The first-order valence-electron chi connectivity index (χ1n) is 5.23. The van der Waals surface area contributed by atoms with E-state index in [1.807, 2.05) is 13.8 Å². The Morgan fingerprint density at radius 3 is 2.25 bits per heavy atom. The summed E-state index contributed by atoms with van der Waals surface area (Å²) in [5, 5.41) is 19.0. The molecule has 16 heavy (non-hydrogen) atoms. The minimum absolute atomic E-state index is 0.0614. The van der Waals surface area contributed by atoms with Gasteiger partial charge in [0, 0.05) is 18.2 Å². The van der Waals surface area contributed by atoms with E-state index in [0.717, 1.165) is 5.56 Å². The Labute approximate surface area is 95.0 Å². The lowest BCUT2D eigenvalue weighted by Crippen LogP contribution is -2.26. The van der Waals surface area contributed by atoms with Crippen LogP contribution in [0.4, 0.5) is 5.69 Å². The van der Waals surface area contributed by atoms with Crippen molar-refractivity contribution in [1.82, 2.24) is 0 Å². The van der Waals surface area contributed by atoms with Crippen LogP contribution in [-0.2, 0) is 6.42 Å². The number of nitro benzene ring substituents is 1. The van der Waals surface area contributed by atoms with Gasteiger partial charge < -0.3 is 10.8 Å². The average Bonchev–Trinajstić information content (AvgIpc) is 2.32. The third-order valence-electron chi connectivity index (χ3n) is 1.88. The molecule has 5 nitrogen and oxygen atoms in total. The van der Waals surface area contributed by atoms with E-state index in [4.69, 9.17) is 10.8 Å². The minimum Gasteiger partial charge on any atom is -0.395 e. The van der Waals surface area contributed by atoms with Crippen molar-refractivity contribution in [1.29, 1.82) is 0 Å². The van der Waals surface area contributed by atoms with Crippen molar-refractivity contribution in [2.75, 3.05) is 6.61 Å². The lowest BCUT2D eigenvalue weighted by Gasteiger charge is -2.06. The van der Waals surface area contributed by atoms with Crippen LogP contribution in [0.2, 0.25) is 0 Å². The Morgan fingerprint density at radius 1 is 1.38 bits per heavy atom. The molecule has 1 atom stereocenters. The maximum absolute atomic E-state index is 10.3. The molecule has 0 amide bonds. The quantitative estimate of drug-likeness (QED) is 0.601. The summed E-state index contributed by atoms with van der Waals surface area (Å²) >= 11 is 0. The fraction of sp³-hybridized carbons (Fsp3) is 0.455. The van der Waals surface area contributed by atoms with E-state index in [-0.39, 0.29) is 18.3 Å². The number of aliphatic hydroxyl groups is 1. The highest BCUT2D eigenvalue weighted by molar-refractivity contribution is 5.33. The molecule has 0 saturated carbocycles. The zero-order chi connectivity index (χ0) is 12.6. The Morgan fingerprint density at radius 2 is 1.88 bits per heavy atom. The summed E-state index contributed by atoms with van der Waals surface area (Å²) in [6.45, 7) is 3.91. The first kappa shape index (κ1) is 14.5. The molecule has 0 aliphatic rings. The van der Waals surface area contributed by atoms with Gasteiger partial charge in [-0.05, 0) is 12.0 Å². The van der Waals surface area contributed by atoms with Crippen LogP contribution in [0.1, 0.15) is 19.4 Å². The van der Waals surface area contributed by atoms with E-state index in [2.05, 4.69) is 0 Å². The Bertz CT molecular complexity index is 312. The molecule has 0 radical (unpaired) electrons. The van der Waals surface area contributed by atoms with Crippen molar-refractivity contribution >= 4 is 5.69 Å². The molecule has 1 unspecified atom stereocenters. The molecule has 0 bridgehead atoms. The van der Waals surface area contributed by atoms with E-state index in [9.17, 15) is 10.1 Å². The van der Waals surface area contributed by atoms with Crippen molar-refractivity contribution < 1.29 is 10.0 Å². The number of non-ortho nitro benzene ring substituents is 1. The van der Waals surface area contributed by atoms with Gasteiger partial charge in [0.15, 0.2) is 0 Å². The number of nitrogens with two attached hydrogens (primary N) is 1. The predicted octanol–water partition coefficient (Wildman–Crippen LogP) is 1.48. The van der Waals surface area contributed by atoms with Crippen molar-refractivity contribution in [3.05, 3.63) is 39.9 Å². The molecule has 1 aromatic carbocycles. The molecule has 0 saturated heterocycles. The van der Waals surface area contributed by atoms with E-state index >= 15 is 0 Å². The standard InChI is InChI=1S/C9H12N2O3.C2H6/c10-8(6-12)5-7-1-3-9(4-2-7)11(13)14;1-2/h1-4,8,12H,5-6,10H2;1-2H3. The zero-order valence-corrected chi connectivity index (χ0v) is 9.59. The fourth-order valence-corrected chi connectivity index (χ4v) is 1.12. The number of benzene rings is 1. The van der Waals surface area contributed by atoms with Crippen molar-refractivity contribution in [3.8, 4) is 0 Å². The van der Waals surface area contributed by atoms with Gasteiger partial charge in [0.05, 0.1) is 11.5 Å². The molecule has 1 aromatic rings.